The Bertz CT molecular complexity index is 463. The van der Waals surface area contributed by atoms with Crippen LogP contribution in [0.25, 0.3) is 0 Å². The van der Waals surface area contributed by atoms with Crippen LogP contribution in [-0.4, -0.2) is 6.61 Å². The highest BCUT2D eigenvalue weighted by atomic mass is 16.5. The molecule has 0 saturated carbocycles. The van der Waals surface area contributed by atoms with Crippen molar-refractivity contribution < 1.29 is 4.74 Å². The van der Waals surface area contributed by atoms with Crippen LogP contribution in [0.3, 0.4) is 0 Å². The zero-order valence-electron chi connectivity index (χ0n) is 15.7. The molecule has 1 aromatic carbocycles. The highest BCUT2D eigenvalue weighted by Crippen LogP contribution is 2.41. The fourth-order valence-electron chi connectivity index (χ4n) is 2.58. The Kier molecular flexibility index (Phi) is 6.28. The van der Waals surface area contributed by atoms with E-state index >= 15 is 0 Å². The van der Waals surface area contributed by atoms with Crippen LogP contribution in [0.1, 0.15) is 78.0 Å². The van der Waals surface area contributed by atoms with E-state index < -0.39 is 0 Å². The molecule has 0 radical (unpaired) electrons. The first-order valence-electron chi connectivity index (χ1n) is 8.52. The monoisotopic (exact) mass is 302 g/mol. The molecule has 1 heteroatoms. The van der Waals surface area contributed by atoms with Crippen molar-refractivity contribution in [3.8, 4) is 5.75 Å². The summed E-state index contributed by atoms with van der Waals surface area (Å²) in [6, 6.07) is 4.67. The van der Waals surface area contributed by atoms with Crippen molar-refractivity contribution in [2.24, 2.45) is 0 Å². The Labute approximate surface area is 137 Å². The first kappa shape index (κ1) is 18.8. The fraction of sp³-hybridized carbons (Fsp3) is 0.619. The molecule has 22 heavy (non-hydrogen) atoms. The molecular formula is C21H34O. The number of hydrogen-bond donors (Lipinski definition) is 0. The molecule has 0 unspecified atom stereocenters. The van der Waals surface area contributed by atoms with Gasteiger partial charge in [-0.2, -0.15) is 0 Å². The predicted octanol–water partition coefficient (Wildman–Crippen LogP) is 6.19. The molecule has 0 bridgehead atoms. The SMILES string of the molecule is C=CCCc1cc(C(C)(C)C)c(OCCC)c(C(C)(C)C)c1. The first-order chi connectivity index (χ1) is 10.1. The second-order valence-electron chi connectivity index (χ2n) is 8.20. The molecule has 1 rings (SSSR count). The second kappa shape index (κ2) is 7.35. The molecule has 0 saturated heterocycles. The van der Waals surface area contributed by atoms with Crippen LogP contribution in [0.2, 0.25) is 0 Å². The molecule has 124 valence electrons. The largest absolute Gasteiger partial charge is 0.493 e. The topological polar surface area (TPSA) is 9.23 Å². The highest BCUT2D eigenvalue weighted by molar-refractivity contribution is 5.51. The number of hydrogen-bond acceptors (Lipinski definition) is 1. The lowest BCUT2D eigenvalue weighted by Crippen LogP contribution is -2.20. The van der Waals surface area contributed by atoms with E-state index in [0.717, 1.165) is 31.6 Å². The molecule has 1 aromatic rings. The maximum Gasteiger partial charge on any atom is 0.126 e. The molecule has 0 fully saturated rings. The maximum absolute atomic E-state index is 6.21. The van der Waals surface area contributed by atoms with Crippen molar-refractivity contribution in [2.45, 2.75) is 78.6 Å². The van der Waals surface area contributed by atoms with Gasteiger partial charge in [0.25, 0.3) is 0 Å². The lowest BCUT2D eigenvalue weighted by Gasteiger charge is -2.30. The van der Waals surface area contributed by atoms with E-state index in [1.807, 2.05) is 6.08 Å². The van der Waals surface area contributed by atoms with E-state index in [-0.39, 0.29) is 10.8 Å². The predicted molar refractivity (Wildman–Crippen MR) is 98.1 cm³/mol. The minimum atomic E-state index is 0.0767. The summed E-state index contributed by atoms with van der Waals surface area (Å²) in [6.07, 6.45) is 5.09. The van der Waals surface area contributed by atoms with Gasteiger partial charge in [-0.25, -0.2) is 0 Å². The van der Waals surface area contributed by atoms with Crippen molar-refractivity contribution in [3.05, 3.63) is 41.5 Å². The fourth-order valence-corrected chi connectivity index (χ4v) is 2.58. The Hall–Kier alpha value is -1.24. The minimum Gasteiger partial charge on any atom is -0.493 e. The van der Waals surface area contributed by atoms with Gasteiger partial charge in [-0.1, -0.05) is 66.7 Å². The number of ether oxygens (including phenoxy) is 1. The van der Waals surface area contributed by atoms with Crippen LogP contribution >= 0.6 is 0 Å². The van der Waals surface area contributed by atoms with Crippen LogP contribution < -0.4 is 4.74 Å². The zero-order valence-corrected chi connectivity index (χ0v) is 15.7. The summed E-state index contributed by atoms with van der Waals surface area (Å²) in [7, 11) is 0. The molecule has 0 spiro atoms. The smallest absolute Gasteiger partial charge is 0.126 e. The summed E-state index contributed by atoms with van der Waals surface area (Å²) in [5.41, 5.74) is 4.19. The van der Waals surface area contributed by atoms with Crippen molar-refractivity contribution >= 4 is 0 Å². The quantitative estimate of drug-likeness (QED) is 0.569. The Morgan fingerprint density at radius 3 is 1.86 bits per heavy atom. The average Bonchev–Trinajstić information content (AvgIpc) is 2.40. The van der Waals surface area contributed by atoms with Gasteiger partial charge in [0.2, 0.25) is 0 Å². The summed E-state index contributed by atoms with van der Waals surface area (Å²) >= 11 is 0. The third kappa shape index (κ3) is 4.90. The zero-order chi connectivity index (χ0) is 17.0. The Morgan fingerprint density at radius 1 is 1.00 bits per heavy atom. The molecule has 0 aliphatic heterocycles. The van der Waals surface area contributed by atoms with Gasteiger partial charge in [-0.3, -0.25) is 0 Å². The van der Waals surface area contributed by atoms with Crippen molar-refractivity contribution in [1.82, 2.24) is 0 Å². The van der Waals surface area contributed by atoms with Gasteiger partial charge in [0.1, 0.15) is 5.75 Å². The van der Waals surface area contributed by atoms with Crippen molar-refractivity contribution in [3.63, 3.8) is 0 Å². The molecule has 0 N–H and O–H groups in total. The van der Waals surface area contributed by atoms with Gasteiger partial charge in [0, 0.05) is 11.1 Å². The molecule has 0 heterocycles. The summed E-state index contributed by atoms with van der Waals surface area (Å²) in [5.74, 6) is 1.10. The third-order valence-electron chi connectivity index (χ3n) is 3.85. The Morgan fingerprint density at radius 2 is 1.50 bits per heavy atom. The molecule has 0 atom stereocenters. The van der Waals surface area contributed by atoms with Gasteiger partial charge in [-0.15, -0.1) is 6.58 Å². The number of aryl methyl sites for hydroxylation is 1. The van der Waals surface area contributed by atoms with Gasteiger partial charge in [-0.05, 0) is 35.7 Å². The van der Waals surface area contributed by atoms with E-state index in [4.69, 9.17) is 4.74 Å². The second-order valence-corrected chi connectivity index (χ2v) is 8.20. The standard InChI is InChI=1S/C21H34O/c1-9-11-12-16-14-17(20(3,4)5)19(22-13-10-2)18(15-16)21(6,7)8/h9,14-15H,1,10-13H2,2-8H3. The van der Waals surface area contributed by atoms with Crippen LogP contribution in [0.15, 0.2) is 24.8 Å². The number of benzene rings is 1. The summed E-state index contributed by atoms with van der Waals surface area (Å²) in [6.45, 7) is 20.4. The Balaban J connectivity index is 3.50. The third-order valence-corrected chi connectivity index (χ3v) is 3.85. The van der Waals surface area contributed by atoms with Crippen LogP contribution in [0.4, 0.5) is 0 Å². The normalized spacial score (nSPS) is 12.3. The van der Waals surface area contributed by atoms with Crippen LogP contribution in [0, 0.1) is 0 Å². The van der Waals surface area contributed by atoms with Gasteiger partial charge < -0.3 is 4.74 Å². The van der Waals surface area contributed by atoms with Gasteiger partial charge in [0.05, 0.1) is 6.61 Å². The average molecular weight is 303 g/mol. The molecule has 0 aromatic heterocycles. The van der Waals surface area contributed by atoms with E-state index in [0.29, 0.717) is 0 Å². The summed E-state index contributed by atoms with van der Waals surface area (Å²) < 4.78 is 6.21. The number of rotatable bonds is 6. The van der Waals surface area contributed by atoms with E-state index in [2.05, 4.69) is 67.2 Å². The van der Waals surface area contributed by atoms with Crippen molar-refractivity contribution in [1.29, 1.82) is 0 Å². The molecule has 1 nitrogen and oxygen atoms in total. The lowest BCUT2D eigenvalue weighted by atomic mass is 9.78. The lowest BCUT2D eigenvalue weighted by molar-refractivity contribution is 0.299. The van der Waals surface area contributed by atoms with E-state index in [1.165, 1.54) is 16.7 Å². The van der Waals surface area contributed by atoms with Gasteiger partial charge in [0.15, 0.2) is 0 Å². The molecule has 0 aliphatic rings. The van der Waals surface area contributed by atoms with Crippen LogP contribution in [0.5, 0.6) is 5.75 Å². The minimum absolute atomic E-state index is 0.0767. The number of allylic oxidation sites excluding steroid dienone is 1. The van der Waals surface area contributed by atoms with E-state index in [1.54, 1.807) is 0 Å². The molecular weight excluding hydrogens is 268 g/mol. The van der Waals surface area contributed by atoms with Crippen molar-refractivity contribution in [2.75, 3.05) is 6.61 Å². The maximum atomic E-state index is 6.21. The van der Waals surface area contributed by atoms with Crippen LogP contribution in [-0.2, 0) is 17.3 Å². The highest BCUT2D eigenvalue weighted by Gasteiger charge is 2.27. The first-order valence-corrected chi connectivity index (χ1v) is 8.52. The summed E-state index contributed by atoms with van der Waals surface area (Å²) in [4.78, 5) is 0. The van der Waals surface area contributed by atoms with Gasteiger partial charge >= 0.3 is 0 Å². The summed E-state index contributed by atoms with van der Waals surface area (Å²) in [5, 5.41) is 0. The molecule has 0 amide bonds. The van der Waals surface area contributed by atoms with E-state index in [9.17, 15) is 0 Å². The molecule has 0 aliphatic carbocycles.